The van der Waals surface area contributed by atoms with E-state index in [9.17, 15) is 13.2 Å². The lowest BCUT2D eigenvalue weighted by molar-refractivity contribution is 0.115. The summed E-state index contributed by atoms with van der Waals surface area (Å²) in [4.78, 5) is 2.08. The second kappa shape index (κ2) is 6.56. The van der Waals surface area contributed by atoms with Gasteiger partial charge in [-0.1, -0.05) is 0 Å². The molecule has 3 nitrogen and oxygen atoms in total. The van der Waals surface area contributed by atoms with Gasteiger partial charge in [-0.25, -0.2) is 13.2 Å². The van der Waals surface area contributed by atoms with Gasteiger partial charge in [0.05, 0.1) is 6.61 Å². The number of methoxy groups -OCH3 is 1. The molecule has 1 unspecified atom stereocenters. The Labute approximate surface area is 116 Å². The zero-order valence-corrected chi connectivity index (χ0v) is 11.4. The van der Waals surface area contributed by atoms with Crippen LogP contribution in [0.2, 0.25) is 0 Å². The number of hydrogen-bond donors (Lipinski definition) is 1. The molecule has 0 amide bonds. The third-order valence-electron chi connectivity index (χ3n) is 3.58. The lowest BCUT2D eigenvalue weighted by Crippen LogP contribution is -2.38. The molecule has 0 radical (unpaired) electrons. The Kier molecular flexibility index (Phi) is 5.01. The van der Waals surface area contributed by atoms with E-state index < -0.39 is 17.5 Å². The Hall–Kier alpha value is -1.11. The van der Waals surface area contributed by atoms with Crippen LogP contribution in [0, 0.1) is 17.5 Å². The number of halogens is 3. The average Bonchev–Trinajstić information content (AvgIpc) is 3.24. The van der Waals surface area contributed by atoms with Gasteiger partial charge >= 0.3 is 0 Å². The Balaban J connectivity index is 2.25. The minimum Gasteiger partial charge on any atom is -0.383 e. The monoisotopic (exact) mass is 288 g/mol. The normalized spacial score (nSPS) is 16.7. The van der Waals surface area contributed by atoms with Crippen LogP contribution in [0.5, 0.6) is 0 Å². The molecule has 0 aromatic heterocycles. The highest BCUT2D eigenvalue weighted by atomic mass is 19.2. The van der Waals surface area contributed by atoms with Gasteiger partial charge in [-0.2, -0.15) is 0 Å². The zero-order valence-electron chi connectivity index (χ0n) is 11.4. The molecule has 2 rings (SSSR count). The molecule has 6 heteroatoms. The molecule has 1 aliphatic carbocycles. The van der Waals surface area contributed by atoms with Gasteiger partial charge in [0.2, 0.25) is 0 Å². The van der Waals surface area contributed by atoms with E-state index in [1.807, 2.05) is 0 Å². The number of rotatable bonds is 7. The van der Waals surface area contributed by atoms with Crippen molar-refractivity contribution in [2.75, 3.05) is 26.8 Å². The van der Waals surface area contributed by atoms with Crippen molar-refractivity contribution in [3.8, 4) is 0 Å². The molecule has 1 saturated carbocycles. The van der Waals surface area contributed by atoms with Crippen molar-refractivity contribution >= 4 is 0 Å². The fourth-order valence-electron chi connectivity index (χ4n) is 2.43. The highest BCUT2D eigenvalue weighted by Crippen LogP contribution is 2.34. The maximum absolute atomic E-state index is 13.4. The summed E-state index contributed by atoms with van der Waals surface area (Å²) in [5.74, 6) is -3.80. The topological polar surface area (TPSA) is 38.5 Å². The molecule has 1 aromatic carbocycles. The number of nitrogens with two attached hydrogens (primary N) is 1. The van der Waals surface area contributed by atoms with Crippen molar-refractivity contribution < 1.29 is 17.9 Å². The first kappa shape index (κ1) is 15.3. The summed E-state index contributed by atoms with van der Waals surface area (Å²) in [5.41, 5.74) is 6.13. The Morgan fingerprint density at radius 3 is 2.35 bits per heavy atom. The zero-order chi connectivity index (χ0) is 14.7. The molecule has 0 bridgehead atoms. The highest BCUT2D eigenvalue weighted by molar-refractivity contribution is 5.23. The number of nitrogens with zero attached hydrogens (tertiary/aromatic N) is 1. The summed E-state index contributed by atoms with van der Waals surface area (Å²) in [6.45, 7) is 1.35. The minimum absolute atomic E-state index is 0.213. The van der Waals surface area contributed by atoms with Gasteiger partial charge in [-0.15, -0.1) is 0 Å². The van der Waals surface area contributed by atoms with Gasteiger partial charge in [0.1, 0.15) is 0 Å². The third-order valence-corrected chi connectivity index (χ3v) is 3.58. The van der Waals surface area contributed by atoms with Gasteiger partial charge < -0.3 is 10.5 Å². The SMILES string of the molecule is COCCN(C1CC1)C(CN)c1cc(F)c(F)c(F)c1. The molecule has 0 heterocycles. The molecule has 20 heavy (non-hydrogen) atoms. The quantitative estimate of drug-likeness (QED) is 0.782. The predicted molar refractivity (Wildman–Crippen MR) is 69.7 cm³/mol. The van der Waals surface area contributed by atoms with E-state index in [4.69, 9.17) is 10.5 Å². The van der Waals surface area contributed by atoms with Crippen molar-refractivity contribution in [1.82, 2.24) is 4.90 Å². The van der Waals surface area contributed by atoms with E-state index in [1.54, 1.807) is 7.11 Å². The van der Waals surface area contributed by atoms with Crippen molar-refractivity contribution in [3.63, 3.8) is 0 Å². The van der Waals surface area contributed by atoms with Crippen molar-refractivity contribution in [1.29, 1.82) is 0 Å². The molecule has 1 aromatic rings. The predicted octanol–water partition coefficient (Wildman–Crippen LogP) is 2.21. The van der Waals surface area contributed by atoms with Gasteiger partial charge in [0.15, 0.2) is 17.5 Å². The maximum atomic E-state index is 13.4. The van der Waals surface area contributed by atoms with Crippen LogP contribution in [0.25, 0.3) is 0 Å². The average molecular weight is 288 g/mol. The number of benzene rings is 1. The number of hydrogen-bond acceptors (Lipinski definition) is 3. The molecule has 1 fully saturated rings. The smallest absolute Gasteiger partial charge is 0.194 e. The summed E-state index contributed by atoms with van der Waals surface area (Å²) in [5, 5.41) is 0. The Bertz CT molecular complexity index is 443. The van der Waals surface area contributed by atoms with E-state index in [0.29, 0.717) is 24.8 Å². The van der Waals surface area contributed by atoms with Crippen LogP contribution in [0.3, 0.4) is 0 Å². The molecule has 0 spiro atoms. The van der Waals surface area contributed by atoms with Crippen LogP contribution in [0.15, 0.2) is 12.1 Å². The lowest BCUT2D eigenvalue weighted by atomic mass is 10.0. The largest absolute Gasteiger partial charge is 0.383 e. The molecular formula is C14H19F3N2O. The van der Waals surface area contributed by atoms with Crippen molar-refractivity contribution in [2.24, 2.45) is 5.73 Å². The highest BCUT2D eigenvalue weighted by Gasteiger charge is 2.34. The minimum atomic E-state index is -1.45. The van der Waals surface area contributed by atoms with Crippen LogP contribution in [-0.2, 0) is 4.74 Å². The number of ether oxygens (including phenoxy) is 1. The lowest BCUT2D eigenvalue weighted by Gasteiger charge is -2.31. The fourth-order valence-corrected chi connectivity index (χ4v) is 2.43. The third kappa shape index (κ3) is 3.31. The maximum Gasteiger partial charge on any atom is 0.194 e. The summed E-state index contributed by atoms with van der Waals surface area (Å²) in [7, 11) is 1.60. The van der Waals surface area contributed by atoms with Crippen LogP contribution in [-0.4, -0.2) is 37.7 Å². The first-order valence-electron chi connectivity index (χ1n) is 6.67. The van der Waals surface area contributed by atoms with Crippen LogP contribution < -0.4 is 5.73 Å². The van der Waals surface area contributed by atoms with Gasteiger partial charge in [0, 0.05) is 32.3 Å². The molecule has 1 atom stereocenters. The van der Waals surface area contributed by atoms with Crippen LogP contribution in [0.4, 0.5) is 13.2 Å². The fraction of sp³-hybridized carbons (Fsp3) is 0.571. The Morgan fingerprint density at radius 1 is 1.30 bits per heavy atom. The summed E-state index contributed by atoms with van der Waals surface area (Å²) < 4.78 is 44.8. The summed E-state index contributed by atoms with van der Waals surface area (Å²) >= 11 is 0. The van der Waals surface area contributed by atoms with Crippen molar-refractivity contribution in [2.45, 2.75) is 24.9 Å². The summed E-state index contributed by atoms with van der Waals surface area (Å²) in [6.07, 6.45) is 2.07. The van der Waals surface area contributed by atoms with Crippen LogP contribution >= 0.6 is 0 Å². The van der Waals surface area contributed by atoms with E-state index in [-0.39, 0.29) is 12.6 Å². The summed E-state index contributed by atoms with van der Waals surface area (Å²) in [6, 6.07) is 2.08. The molecule has 112 valence electrons. The first-order valence-corrected chi connectivity index (χ1v) is 6.67. The first-order chi connectivity index (χ1) is 9.58. The van der Waals surface area contributed by atoms with Crippen LogP contribution in [0.1, 0.15) is 24.4 Å². The van der Waals surface area contributed by atoms with Gasteiger partial charge in [-0.3, -0.25) is 4.90 Å². The van der Waals surface area contributed by atoms with E-state index >= 15 is 0 Å². The van der Waals surface area contributed by atoms with E-state index in [1.165, 1.54) is 0 Å². The Morgan fingerprint density at radius 2 is 1.90 bits per heavy atom. The standard InChI is InChI=1S/C14H19F3N2O/c1-20-5-4-19(10-2-3-10)13(8-18)9-6-11(15)14(17)12(16)7-9/h6-7,10,13H,2-5,8,18H2,1H3. The molecule has 0 saturated heterocycles. The molecule has 0 aliphatic heterocycles. The second-order valence-electron chi connectivity index (χ2n) is 5.01. The second-order valence-corrected chi connectivity index (χ2v) is 5.01. The van der Waals surface area contributed by atoms with Gasteiger partial charge in [-0.05, 0) is 30.5 Å². The van der Waals surface area contributed by atoms with E-state index in [0.717, 1.165) is 25.0 Å². The van der Waals surface area contributed by atoms with Crippen molar-refractivity contribution in [3.05, 3.63) is 35.1 Å². The molecule has 2 N–H and O–H groups in total. The van der Waals surface area contributed by atoms with Gasteiger partial charge in [0.25, 0.3) is 0 Å². The molecular weight excluding hydrogens is 269 g/mol. The van der Waals surface area contributed by atoms with E-state index in [2.05, 4.69) is 4.90 Å². The molecule has 1 aliphatic rings.